The molecule has 0 saturated heterocycles. The lowest BCUT2D eigenvalue weighted by Gasteiger charge is -2.06. The fourth-order valence-electron chi connectivity index (χ4n) is 3.40. The van der Waals surface area contributed by atoms with Crippen molar-refractivity contribution in [2.75, 3.05) is 0 Å². The Morgan fingerprint density at radius 3 is 1.73 bits per heavy atom. The molecule has 6 nitrogen and oxygen atoms in total. The topological polar surface area (TPSA) is 60.4 Å². The molecule has 162 valence electrons. The second-order valence-electron chi connectivity index (χ2n) is 7.37. The lowest BCUT2D eigenvalue weighted by atomic mass is 10.2. The van der Waals surface area contributed by atoms with E-state index in [-0.39, 0.29) is 0 Å². The average Bonchev–Trinajstić information content (AvgIpc) is 3.17. The Hall–Kier alpha value is -4.10. The fraction of sp³-hybridized carbons (Fsp3) is 0.0769. The molecule has 33 heavy (non-hydrogen) atoms. The molecule has 0 N–H and O–H groups in total. The highest BCUT2D eigenvalue weighted by atomic mass is 32.1. The molecule has 0 aliphatic heterocycles. The largest absolute Gasteiger partial charge is 0.281 e. The maximum Gasteiger partial charge on any atom is 0.224 e. The molecule has 3 heterocycles. The third-order valence-electron chi connectivity index (χ3n) is 4.96. The van der Waals surface area contributed by atoms with Gasteiger partial charge in [-0.15, -0.1) is 0 Å². The highest BCUT2D eigenvalue weighted by Crippen LogP contribution is 2.09. The van der Waals surface area contributed by atoms with Gasteiger partial charge in [0.2, 0.25) is 10.4 Å². The van der Waals surface area contributed by atoms with E-state index < -0.39 is 0 Å². The van der Waals surface area contributed by atoms with Crippen molar-refractivity contribution in [3.8, 4) is 0 Å². The van der Waals surface area contributed by atoms with Crippen LogP contribution in [-0.4, -0.2) is 18.5 Å². The quantitative estimate of drug-likeness (QED) is 0.376. The molecule has 0 amide bonds. The van der Waals surface area contributed by atoms with Gasteiger partial charge in [0.15, 0.2) is 11.6 Å². The van der Waals surface area contributed by atoms with Crippen molar-refractivity contribution in [1.82, 2.24) is 18.5 Å². The van der Waals surface area contributed by atoms with Crippen molar-refractivity contribution in [2.45, 2.75) is 13.1 Å². The lowest BCUT2D eigenvalue weighted by Crippen LogP contribution is -2.31. The number of rotatable bonds is 6. The zero-order valence-electron chi connectivity index (χ0n) is 17.9. The number of pyridine rings is 2. The zero-order chi connectivity index (χ0) is 22.3. The predicted octanol–water partition coefficient (Wildman–Crippen LogP) is 4.70. The Labute approximate surface area is 195 Å². The average molecular weight is 451 g/mol. The molecule has 0 bridgehead atoms. The summed E-state index contributed by atoms with van der Waals surface area (Å²) in [7, 11) is 0. The van der Waals surface area contributed by atoms with Crippen molar-refractivity contribution in [1.29, 1.82) is 0 Å². The summed E-state index contributed by atoms with van der Waals surface area (Å²) in [6.07, 6.45) is 3.51. The van der Waals surface area contributed by atoms with Gasteiger partial charge < -0.3 is 0 Å². The maximum absolute atomic E-state index is 4.94. The van der Waals surface area contributed by atoms with Gasteiger partial charge in [0, 0.05) is 12.4 Å². The van der Waals surface area contributed by atoms with Crippen LogP contribution in [0.25, 0.3) is 0 Å². The van der Waals surface area contributed by atoms with Crippen molar-refractivity contribution < 1.29 is 0 Å². The molecule has 5 aromatic rings. The van der Waals surface area contributed by atoms with E-state index in [4.69, 9.17) is 9.98 Å². The number of hydrogen-bond acceptors (Lipinski definition) is 5. The molecule has 5 rings (SSSR count). The molecule has 0 spiro atoms. The molecule has 0 aliphatic carbocycles. The number of benzene rings is 2. The van der Waals surface area contributed by atoms with Crippen LogP contribution >= 0.6 is 11.5 Å². The molecule has 0 saturated carbocycles. The minimum absolute atomic E-state index is 0.635. The van der Waals surface area contributed by atoms with E-state index in [0.29, 0.717) is 24.7 Å². The molecule has 0 fully saturated rings. The zero-order valence-corrected chi connectivity index (χ0v) is 18.7. The smallest absolute Gasteiger partial charge is 0.224 e. The van der Waals surface area contributed by atoms with E-state index >= 15 is 0 Å². The van der Waals surface area contributed by atoms with Crippen LogP contribution in [0.3, 0.4) is 0 Å². The Balaban J connectivity index is 1.74. The van der Waals surface area contributed by atoms with Crippen LogP contribution in [-0.2, 0) is 13.1 Å². The van der Waals surface area contributed by atoms with Gasteiger partial charge >= 0.3 is 0 Å². The Bertz CT molecular complexity index is 1440. The van der Waals surface area contributed by atoms with Crippen molar-refractivity contribution in [2.24, 2.45) is 9.98 Å². The SMILES string of the molecule is c1ccc(Cn2s/c(=N/c3ccccn3)n(Cc3ccccc3)/c2=N/c2ccccn2)cc1. The van der Waals surface area contributed by atoms with Crippen LogP contribution in [0.5, 0.6) is 0 Å². The fourth-order valence-corrected chi connectivity index (χ4v) is 4.41. The van der Waals surface area contributed by atoms with Crippen molar-refractivity contribution in [3.63, 3.8) is 0 Å². The summed E-state index contributed by atoms with van der Waals surface area (Å²) in [5.74, 6) is 1.32. The summed E-state index contributed by atoms with van der Waals surface area (Å²) in [6, 6.07) is 32.2. The number of hydrogen-bond donors (Lipinski definition) is 0. The van der Waals surface area contributed by atoms with E-state index in [9.17, 15) is 0 Å². The first-order chi connectivity index (χ1) is 16.3. The van der Waals surface area contributed by atoms with Gasteiger partial charge in [0.25, 0.3) is 0 Å². The summed E-state index contributed by atoms with van der Waals surface area (Å²) in [5.41, 5.74) is 3.15. The van der Waals surface area contributed by atoms with E-state index in [1.165, 1.54) is 11.1 Å². The first kappa shape index (κ1) is 20.8. The van der Waals surface area contributed by atoms with Gasteiger partial charge in [-0.3, -0.25) is 8.52 Å². The van der Waals surface area contributed by atoms with Gasteiger partial charge in [-0.2, -0.15) is 9.98 Å². The van der Waals surface area contributed by atoms with E-state index in [1.54, 1.807) is 23.9 Å². The standard InChI is InChI=1S/C26H22N6S/c1-3-11-21(12-4-1)19-31-25(29-23-15-7-9-17-27-23)32(20-22-13-5-2-6-14-22)33-26(31)30-24-16-8-10-18-28-24/h1-18H,19-20H2/b29-25-,30-26+. The Morgan fingerprint density at radius 2 is 1.15 bits per heavy atom. The van der Waals surface area contributed by atoms with Crippen LogP contribution in [0.15, 0.2) is 119 Å². The van der Waals surface area contributed by atoms with Crippen LogP contribution in [0.1, 0.15) is 11.1 Å². The Morgan fingerprint density at radius 1 is 0.606 bits per heavy atom. The molecular weight excluding hydrogens is 428 g/mol. The van der Waals surface area contributed by atoms with Crippen molar-refractivity contribution in [3.05, 3.63) is 131 Å². The second-order valence-corrected chi connectivity index (χ2v) is 8.36. The van der Waals surface area contributed by atoms with Gasteiger partial charge in [0.1, 0.15) is 0 Å². The molecule has 0 unspecified atom stereocenters. The van der Waals surface area contributed by atoms with Gasteiger partial charge in [-0.25, -0.2) is 9.97 Å². The van der Waals surface area contributed by atoms with Crippen LogP contribution in [0.4, 0.5) is 11.6 Å². The normalized spacial score (nSPS) is 12.2. The first-order valence-corrected chi connectivity index (χ1v) is 11.4. The summed E-state index contributed by atoms with van der Waals surface area (Å²) in [4.78, 5) is 19.5. The maximum atomic E-state index is 4.94. The summed E-state index contributed by atoms with van der Waals surface area (Å²) in [6.45, 7) is 1.32. The third-order valence-corrected chi connectivity index (χ3v) is 5.95. The number of aromatic nitrogens is 4. The predicted molar refractivity (Wildman–Crippen MR) is 130 cm³/mol. The molecule has 2 aromatic carbocycles. The highest BCUT2D eigenvalue weighted by Gasteiger charge is 2.10. The van der Waals surface area contributed by atoms with E-state index in [0.717, 1.165) is 10.4 Å². The van der Waals surface area contributed by atoms with E-state index in [1.807, 2.05) is 60.7 Å². The van der Waals surface area contributed by atoms with Crippen LogP contribution < -0.4 is 10.4 Å². The molecule has 0 radical (unpaired) electrons. The molecule has 7 heteroatoms. The lowest BCUT2D eigenvalue weighted by molar-refractivity contribution is 0.657. The van der Waals surface area contributed by atoms with Crippen LogP contribution in [0.2, 0.25) is 0 Å². The minimum Gasteiger partial charge on any atom is -0.281 e. The second kappa shape index (κ2) is 10.0. The van der Waals surface area contributed by atoms with Gasteiger partial charge in [-0.1, -0.05) is 72.8 Å². The van der Waals surface area contributed by atoms with Crippen LogP contribution in [0, 0.1) is 0 Å². The van der Waals surface area contributed by atoms with Crippen molar-refractivity contribution >= 4 is 23.2 Å². The monoisotopic (exact) mass is 450 g/mol. The van der Waals surface area contributed by atoms with E-state index in [2.05, 4.69) is 54.9 Å². The summed E-state index contributed by atoms with van der Waals surface area (Å²) in [5, 5.41) is 0. The Kier molecular flexibility index (Phi) is 6.31. The molecule has 3 aromatic heterocycles. The highest BCUT2D eigenvalue weighted by molar-refractivity contribution is 7.03. The molecule has 0 aliphatic rings. The van der Waals surface area contributed by atoms with Gasteiger partial charge in [-0.05, 0) is 46.9 Å². The summed E-state index contributed by atoms with van der Waals surface area (Å²) >= 11 is 1.57. The number of nitrogens with zero attached hydrogens (tertiary/aromatic N) is 6. The molecular formula is C26H22N6S. The summed E-state index contributed by atoms with van der Waals surface area (Å²) < 4.78 is 4.29. The third kappa shape index (κ3) is 5.22. The van der Waals surface area contributed by atoms with Gasteiger partial charge in [0.05, 0.1) is 13.1 Å². The first-order valence-electron chi connectivity index (χ1n) is 10.7. The minimum atomic E-state index is 0.635. The molecule has 0 atom stereocenters.